The first kappa shape index (κ1) is 35.7. The molecule has 1 unspecified atom stereocenters. The Hall–Kier alpha value is -3.55. The van der Waals surface area contributed by atoms with Crippen molar-refractivity contribution in [2.45, 2.75) is 102 Å². The standard InChI is InChI=1S/C35H41BrFN5O5S/c1-34(2,3)46-32(44)41-19-21-18-24(41)29(21)42(33(45)47-35(4,5)6)30-22(12-9-15-40-16-10-13-25(40)43)31(48-7)39-28-23(30)17-20(11-8-14-38)26(36)27(28)37/h17,21,24,29H,8,10-11,13,15-16,18-19H2,1-7H3/t21-,24-,29?/m1/s1. The summed E-state index contributed by atoms with van der Waals surface area (Å²) >= 11 is 4.65. The van der Waals surface area contributed by atoms with Crippen LogP contribution in [0.15, 0.2) is 15.6 Å². The molecule has 0 radical (unpaired) electrons. The summed E-state index contributed by atoms with van der Waals surface area (Å²) in [4.78, 5) is 49.7. The van der Waals surface area contributed by atoms with Crippen LogP contribution >= 0.6 is 27.7 Å². The van der Waals surface area contributed by atoms with Crippen molar-refractivity contribution in [2.24, 2.45) is 5.92 Å². The van der Waals surface area contributed by atoms with E-state index in [-0.39, 0.29) is 47.2 Å². The molecule has 48 heavy (non-hydrogen) atoms. The maximum Gasteiger partial charge on any atom is 0.415 e. The summed E-state index contributed by atoms with van der Waals surface area (Å²) in [6, 6.07) is 2.99. The predicted octanol–water partition coefficient (Wildman–Crippen LogP) is 7.04. The first-order valence-electron chi connectivity index (χ1n) is 16.1. The van der Waals surface area contributed by atoms with Gasteiger partial charge in [0, 0.05) is 37.2 Å². The number of hydrogen-bond acceptors (Lipinski definition) is 8. The number of aromatic nitrogens is 1. The minimum absolute atomic E-state index is 0.0314. The Morgan fingerprint density at radius 2 is 1.92 bits per heavy atom. The number of carbonyl (C=O) groups is 3. The number of amides is 3. The van der Waals surface area contributed by atoms with Gasteiger partial charge in [-0.05, 0) is 94.6 Å². The van der Waals surface area contributed by atoms with Crippen molar-refractivity contribution in [1.29, 1.82) is 5.26 Å². The molecule has 1 aromatic heterocycles. The second kappa shape index (κ2) is 13.8. The molecule has 4 aliphatic rings. The molecule has 6 rings (SSSR count). The first-order chi connectivity index (χ1) is 22.5. The van der Waals surface area contributed by atoms with E-state index in [0.717, 1.165) is 6.42 Å². The SMILES string of the molecule is CSc1nc2c(F)c(Br)c(CCC#N)cc2c(N(C(=O)OC(C)(C)C)C2[C@@H]3C[C@H]2N(C(=O)OC(C)(C)C)C3)c1C#CCN1CCCC1=O. The molecular formula is C35H41BrFN5O5S. The average Bonchev–Trinajstić information content (AvgIpc) is 3.71. The first-order valence-corrected chi connectivity index (χ1v) is 18.1. The lowest BCUT2D eigenvalue weighted by Gasteiger charge is -2.44. The van der Waals surface area contributed by atoms with E-state index in [1.165, 1.54) is 11.8 Å². The summed E-state index contributed by atoms with van der Waals surface area (Å²) in [7, 11) is 0. The smallest absolute Gasteiger partial charge is 0.415 e. The van der Waals surface area contributed by atoms with Gasteiger partial charge in [-0.15, -0.1) is 11.8 Å². The van der Waals surface area contributed by atoms with Gasteiger partial charge in [-0.2, -0.15) is 5.26 Å². The summed E-state index contributed by atoms with van der Waals surface area (Å²) in [6.07, 6.45) is 3.00. The number of carbonyl (C=O) groups excluding carboxylic acids is 3. The molecule has 2 bridgehead atoms. The van der Waals surface area contributed by atoms with Crippen LogP contribution in [0.1, 0.15) is 78.4 Å². The Morgan fingerprint density at radius 1 is 1.21 bits per heavy atom. The summed E-state index contributed by atoms with van der Waals surface area (Å²) < 4.78 is 28.2. The highest BCUT2D eigenvalue weighted by Crippen LogP contribution is 2.49. The maximum absolute atomic E-state index is 16.3. The zero-order valence-corrected chi connectivity index (χ0v) is 30.8. The quantitative estimate of drug-likeness (QED) is 0.229. The monoisotopic (exact) mass is 741 g/mol. The van der Waals surface area contributed by atoms with Crippen molar-refractivity contribution in [1.82, 2.24) is 14.8 Å². The number of nitriles is 1. The number of thioether (sulfide) groups is 1. The van der Waals surface area contributed by atoms with Crippen molar-refractivity contribution >= 4 is 62.4 Å². The number of likely N-dealkylation sites (tertiary alicyclic amines) is 1. The van der Waals surface area contributed by atoms with Crippen LogP contribution in [0.4, 0.5) is 19.7 Å². The Balaban J connectivity index is 1.75. The fraction of sp³-hybridized carbons (Fsp3) is 0.571. The number of pyridine rings is 1. The minimum atomic E-state index is -0.873. The third kappa shape index (κ3) is 7.23. The second-order valence-electron chi connectivity index (χ2n) is 14.3. The van der Waals surface area contributed by atoms with Crippen molar-refractivity contribution in [3.8, 4) is 17.9 Å². The number of hydrogen-bond donors (Lipinski definition) is 0. The van der Waals surface area contributed by atoms with Gasteiger partial charge in [0.1, 0.15) is 21.7 Å². The number of anilines is 1. The van der Waals surface area contributed by atoms with Crippen molar-refractivity contribution in [2.75, 3.05) is 30.8 Å². The second-order valence-corrected chi connectivity index (χ2v) is 15.9. The Bertz CT molecular complexity index is 1750. The molecule has 4 heterocycles. The molecule has 3 aliphatic heterocycles. The van der Waals surface area contributed by atoms with Gasteiger partial charge in [0.05, 0.1) is 40.4 Å². The van der Waals surface area contributed by atoms with Gasteiger partial charge in [0.25, 0.3) is 0 Å². The molecule has 1 aliphatic carbocycles. The number of aryl methyl sites for hydroxylation is 1. The molecule has 0 spiro atoms. The van der Waals surface area contributed by atoms with E-state index in [4.69, 9.17) is 14.5 Å². The van der Waals surface area contributed by atoms with Gasteiger partial charge in [-0.1, -0.05) is 11.8 Å². The molecule has 256 valence electrons. The molecule has 1 saturated carbocycles. The topological polar surface area (TPSA) is 116 Å². The summed E-state index contributed by atoms with van der Waals surface area (Å²) in [5.41, 5.74) is -0.277. The van der Waals surface area contributed by atoms with E-state index in [0.29, 0.717) is 53.2 Å². The molecule has 10 nitrogen and oxygen atoms in total. The highest BCUT2D eigenvalue weighted by Gasteiger charge is 2.59. The number of fused-ring (bicyclic) bond motifs is 2. The predicted molar refractivity (Wildman–Crippen MR) is 185 cm³/mol. The molecular weight excluding hydrogens is 701 g/mol. The summed E-state index contributed by atoms with van der Waals surface area (Å²) in [6.45, 7) is 11.9. The maximum atomic E-state index is 16.3. The van der Waals surface area contributed by atoms with Crippen molar-refractivity contribution < 1.29 is 28.2 Å². The molecule has 4 fully saturated rings. The van der Waals surface area contributed by atoms with Crippen molar-refractivity contribution in [3.05, 3.63) is 27.5 Å². The lowest BCUT2D eigenvalue weighted by molar-refractivity contribution is -0.127. The van der Waals surface area contributed by atoms with E-state index in [9.17, 15) is 19.6 Å². The zero-order valence-electron chi connectivity index (χ0n) is 28.4. The number of rotatable bonds is 6. The van der Waals surface area contributed by atoms with Gasteiger partial charge < -0.3 is 19.3 Å². The molecule has 0 N–H and O–H groups in total. The zero-order chi connectivity index (χ0) is 35.1. The molecule has 3 amide bonds. The van der Waals surface area contributed by atoms with E-state index >= 15 is 4.39 Å². The summed E-state index contributed by atoms with van der Waals surface area (Å²) in [5, 5.41) is 10.1. The van der Waals surface area contributed by atoms with Crippen LogP contribution in [0, 0.1) is 34.9 Å². The van der Waals surface area contributed by atoms with E-state index in [1.807, 2.05) is 0 Å². The van der Waals surface area contributed by atoms with Gasteiger partial charge in [-0.3, -0.25) is 9.69 Å². The largest absolute Gasteiger partial charge is 0.444 e. The Labute approximate surface area is 293 Å². The van der Waals surface area contributed by atoms with Crippen LogP contribution in [0.5, 0.6) is 0 Å². The van der Waals surface area contributed by atoms with Gasteiger partial charge >= 0.3 is 12.2 Å². The van der Waals surface area contributed by atoms with E-state index in [1.54, 1.807) is 68.6 Å². The fourth-order valence-electron chi connectivity index (χ4n) is 6.51. The van der Waals surface area contributed by atoms with Gasteiger partial charge in [0.2, 0.25) is 5.91 Å². The number of benzene rings is 1. The molecule has 3 atom stereocenters. The van der Waals surface area contributed by atoms with E-state index in [2.05, 4.69) is 33.8 Å². The minimum Gasteiger partial charge on any atom is -0.444 e. The molecule has 2 aromatic rings. The normalized spacial score (nSPS) is 20.2. The number of ether oxygens (including phenoxy) is 2. The Kier molecular flexibility index (Phi) is 10.2. The summed E-state index contributed by atoms with van der Waals surface area (Å²) in [5.74, 6) is 5.66. The van der Waals surface area contributed by atoms with Crippen LogP contribution in [-0.2, 0) is 20.7 Å². The number of halogens is 2. The van der Waals surface area contributed by atoms with Crippen LogP contribution in [0.25, 0.3) is 10.9 Å². The van der Waals surface area contributed by atoms with Crippen LogP contribution in [-0.4, -0.2) is 82.1 Å². The highest BCUT2D eigenvalue weighted by molar-refractivity contribution is 9.10. The van der Waals surface area contributed by atoms with Gasteiger partial charge in [0.15, 0.2) is 5.82 Å². The lowest BCUT2D eigenvalue weighted by atomic mass is 9.78. The highest BCUT2D eigenvalue weighted by atomic mass is 79.9. The van der Waals surface area contributed by atoms with Gasteiger partial charge in [-0.25, -0.2) is 19.0 Å². The third-order valence-corrected chi connectivity index (χ3v) is 10.1. The molecule has 3 saturated heterocycles. The van der Waals surface area contributed by atoms with E-state index < -0.39 is 35.2 Å². The lowest BCUT2D eigenvalue weighted by Crippen LogP contribution is -2.59. The third-order valence-electron chi connectivity index (χ3n) is 8.54. The number of nitrogens with zero attached hydrogens (tertiary/aromatic N) is 5. The van der Waals surface area contributed by atoms with Crippen LogP contribution in [0.2, 0.25) is 0 Å². The van der Waals surface area contributed by atoms with Crippen molar-refractivity contribution in [3.63, 3.8) is 0 Å². The molecule has 13 heteroatoms. The Morgan fingerprint density at radius 3 is 2.52 bits per heavy atom. The van der Waals surface area contributed by atoms with Crippen LogP contribution in [0.3, 0.4) is 0 Å². The fourth-order valence-corrected chi connectivity index (χ4v) is 7.54. The molecule has 1 aromatic carbocycles. The van der Waals surface area contributed by atoms with Crippen LogP contribution < -0.4 is 4.90 Å². The average molecular weight is 743 g/mol.